The first-order chi connectivity index (χ1) is 22.5. The van der Waals surface area contributed by atoms with Crippen molar-refractivity contribution in [3.8, 4) is 23.0 Å². The summed E-state index contributed by atoms with van der Waals surface area (Å²) in [7, 11) is -5.19. The third-order valence-electron chi connectivity index (χ3n) is 7.46. The summed E-state index contributed by atoms with van der Waals surface area (Å²) in [5.41, 5.74) is 0.818. The van der Waals surface area contributed by atoms with Crippen molar-refractivity contribution in [2.45, 2.75) is 74.8 Å². The van der Waals surface area contributed by atoms with Crippen molar-refractivity contribution in [1.29, 1.82) is 0 Å². The number of hydrogen-bond donors (Lipinski definition) is 9. The van der Waals surface area contributed by atoms with Crippen LogP contribution in [-0.4, -0.2) is 134 Å². The highest BCUT2D eigenvalue weighted by Gasteiger charge is 2.50. The van der Waals surface area contributed by atoms with E-state index in [1.54, 1.807) is 0 Å². The Kier molecular flexibility index (Phi) is 12.2. The molecule has 18 nitrogen and oxygen atoms in total. The van der Waals surface area contributed by atoms with Crippen LogP contribution < -0.4 is 0 Å². The number of benzene rings is 2. The van der Waals surface area contributed by atoms with E-state index in [2.05, 4.69) is 4.18 Å². The lowest BCUT2D eigenvalue weighted by Gasteiger charge is -2.43. The molecule has 2 aromatic carbocycles. The van der Waals surface area contributed by atoms with Crippen molar-refractivity contribution in [3.05, 3.63) is 53.6 Å². The van der Waals surface area contributed by atoms with E-state index in [0.29, 0.717) is 5.56 Å². The van der Waals surface area contributed by atoms with Crippen LogP contribution in [0, 0.1) is 0 Å². The fourth-order valence-corrected chi connectivity index (χ4v) is 5.38. The highest BCUT2D eigenvalue weighted by atomic mass is 32.3. The van der Waals surface area contributed by atoms with Crippen LogP contribution in [0.2, 0.25) is 0 Å². The fraction of sp³-hybridized carbons (Fsp3) is 0.483. The molecule has 48 heavy (non-hydrogen) atoms. The molecule has 266 valence electrons. The zero-order valence-corrected chi connectivity index (χ0v) is 25.9. The molecule has 2 aliphatic heterocycles. The van der Waals surface area contributed by atoms with Gasteiger partial charge >= 0.3 is 16.4 Å². The van der Waals surface area contributed by atoms with E-state index in [4.69, 9.17) is 23.7 Å². The lowest BCUT2D eigenvalue weighted by Crippen LogP contribution is -2.62. The van der Waals surface area contributed by atoms with Crippen LogP contribution in [0.15, 0.2) is 42.5 Å². The van der Waals surface area contributed by atoms with E-state index in [1.165, 1.54) is 43.3 Å². The van der Waals surface area contributed by atoms with Crippen LogP contribution in [0.3, 0.4) is 0 Å². The van der Waals surface area contributed by atoms with Crippen molar-refractivity contribution in [1.82, 2.24) is 0 Å². The Morgan fingerprint density at radius 1 is 0.812 bits per heavy atom. The van der Waals surface area contributed by atoms with Gasteiger partial charge in [0, 0.05) is 6.08 Å². The van der Waals surface area contributed by atoms with E-state index in [9.17, 15) is 58.6 Å². The molecule has 0 saturated carbocycles. The van der Waals surface area contributed by atoms with Gasteiger partial charge < -0.3 is 64.5 Å². The fourth-order valence-electron chi connectivity index (χ4n) is 4.89. The SMILES string of the molecule is C[C@@H]1O[C@@H](OC[C@H]2O[C@@H](OCCc3ccc(O)c(O)c3)[C@H](O)[C@@H](O)[C@@H]2OC(=O)/C=C/c2ccc(O)c(O)c2)[C@H](OS(=O)(=O)O)[C@H](O)[C@H]1O. The molecular formula is C29H36O18S. The normalized spacial score (nSPS) is 31.1. The zero-order chi connectivity index (χ0) is 35.3. The second-order valence-corrected chi connectivity index (χ2v) is 12.0. The molecule has 0 bridgehead atoms. The third kappa shape index (κ3) is 9.51. The van der Waals surface area contributed by atoms with Crippen molar-refractivity contribution in [3.63, 3.8) is 0 Å². The summed E-state index contributed by atoms with van der Waals surface area (Å²) in [4.78, 5) is 12.8. The molecule has 0 amide bonds. The summed E-state index contributed by atoms with van der Waals surface area (Å²) in [6, 6.07) is 7.76. The molecule has 0 radical (unpaired) electrons. The highest BCUT2D eigenvalue weighted by molar-refractivity contribution is 7.80. The van der Waals surface area contributed by atoms with E-state index in [1.807, 2.05) is 0 Å². The maximum atomic E-state index is 12.8. The van der Waals surface area contributed by atoms with Crippen LogP contribution in [0.25, 0.3) is 6.08 Å². The predicted octanol–water partition coefficient (Wildman–Crippen LogP) is -1.19. The van der Waals surface area contributed by atoms with Gasteiger partial charge in [0.15, 0.2) is 47.8 Å². The van der Waals surface area contributed by atoms with Crippen LogP contribution in [0.5, 0.6) is 23.0 Å². The lowest BCUT2D eigenvalue weighted by molar-refractivity contribution is -0.326. The van der Waals surface area contributed by atoms with Gasteiger partial charge in [-0.3, -0.25) is 4.55 Å². The number of aliphatic hydroxyl groups excluding tert-OH is 4. The number of aromatic hydroxyl groups is 4. The maximum Gasteiger partial charge on any atom is 0.397 e. The van der Waals surface area contributed by atoms with Crippen molar-refractivity contribution >= 4 is 22.4 Å². The number of phenols is 4. The Morgan fingerprint density at radius 2 is 1.46 bits per heavy atom. The van der Waals surface area contributed by atoms with Gasteiger partial charge in [0.05, 0.1) is 19.3 Å². The largest absolute Gasteiger partial charge is 0.504 e. The zero-order valence-electron chi connectivity index (χ0n) is 25.1. The first kappa shape index (κ1) is 37.2. The Bertz CT molecular complexity index is 1550. The van der Waals surface area contributed by atoms with E-state index in [0.717, 1.165) is 12.1 Å². The molecule has 0 unspecified atom stereocenters. The molecule has 0 aromatic heterocycles. The molecule has 10 atom stereocenters. The smallest absolute Gasteiger partial charge is 0.397 e. The molecular weight excluding hydrogens is 668 g/mol. The van der Waals surface area contributed by atoms with Crippen LogP contribution in [0.1, 0.15) is 18.1 Å². The standard InChI is InChI=1S/C29H36O18S/c1-13-22(35)23(36)27(47-48(39,40)41)29(44-13)43-12-20-26(46-21(34)7-4-14-2-5-16(30)18(32)10-14)24(37)25(38)28(45-20)42-9-8-15-3-6-17(31)19(33)11-15/h2-7,10-11,13,20,22-33,35-38H,8-9,12H2,1H3,(H,39,40,41)/b7-4+/t13-,20+,22-,23+,24+,25+,26+,27+,28+,29+/m0/s1. The van der Waals surface area contributed by atoms with Gasteiger partial charge in [-0.05, 0) is 54.8 Å². The first-order valence-electron chi connectivity index (χ1n) is 14.4. The molecule has 2 fully saturated rings. The van der Waals surface area contributed by atoms with Gasteiger partial charge in [0.1, 0.15) is 30.5 Å². The van der Waals surface area contributed by atoms with Crippen molar-refractivity contribution < 1.29 is 86.5 Å². The summed E-state index contributed by atoms with van der Waals surface area (Å²) < 4.78 is 64.3. The summed E-state index contributed by atoms with van der Waals surface area (Å²) in [5, 5.41) is 80.7. The second kappa shape index (κ2) is 15.7. The number of phenolic OH excluding ortho intramolecular Hbond substituents is 4. The minimum Gasteiger partial charge on any atom is -0.504 e. The first-order valence-corrected chi connectivity index (χ1v) is 15.7. The minimum absolute atomic E-state index is 0.142. The number of carbonyl (C=O) groups excluding carboxylic acids is 1. The van der Waals surface area contributed by atoms with Crippen LogP contribution in [-0.2, 0) is 49.5 Å². The van der Waals surface area contributed by atoms with Gasteiger partial charge in [-0.25, -0.2) is 8.98 Å². The maximum absolute atomic E-state index is 12.8. The minimum atomic E-state index is -5.19. The van der Waals surface area contributed by atoms with Crippen molar-refractivity contribution in [2.75, 3.05) is 13.2 Å². The molecule has 4 rings (SSSR count). The molecule has 2 saturated heterocycles. The van der Waals surface area contributed by atoms with Gasteiger partial charge in [-0.1, -0.05) is 12.1 Å². The van der Waals surface area contributed by atoms with Gasteiger partial charge in [-0.2, -0.15) is 8.42 Å². The Hall–Kier alpha value is -3.60. The summed E-state index contributed by atoms with van der Waals surface area (Å²) >= 11 is 0. The number of aliphatic hydroxyl groups is 4. The van der Waals surface area contributed by atoms with E-state index >= 15 is 0 Å². The van der Waals surface area contributed by atoms with Gasteiger partial charge in [-0.15, -0.1) is 0 Å². The Morgan fingerprint density at radius 3 is 2.10 bits per heavy atom. The van der Waals surface area contributed by atoms with Gasteiger partial charge in [0.2, 0.25) is 0 Å². The number of esters is 1. The monoisotopic (exact) mass is 704 g/mol. The molecule has 9 N–H and O–H groups in total. The molecule has 0 spiro atoms. The molecule has 2 aromatic rings. The van der Waals surface area contributed by atoms with E-state index < -0.39 is 95.9 Å². The van der Waals surface area contributed by atoms with E-state index in [-0.39, 0.29) is 30.1 Å². The summed E-state index contributed by atoms with van der Waals surface area (Å²) in [6.07, 6.45) is -14.5. The topological polar surface area (TPSA) is 289 Å². The predicted molar refractivity (Wildman–Crippen MR) is 158 cm³/mol. The molecule has 19 heteroatoms. The highest BCUT2D eigenvalue weighted by Crippen LogP contribution is 2.30. The quantitative estimate of drug-likeness (QED) is 0.0543. The number of ether oxygens (including phenoxy) is 5. The second-order valence-electron chi connectivity index (χ2n) is 11.0. The van der Waals surface area contributed by atoms with Crippen LogP contribution in [0.4, 0.5) is 0 Å². The average molecular weight is 705 g/mol. The summed E-state index contributed by atoms with van der Waals surface area (Å²) in [6.45, 7) is 0.485. The average Bonchev–Trinajstić information content (AvgIpc) is 3.02. The Labute approximate surface area is 273 Å². The molecule has 2 aliphatic rings. The lowest BCUT2D eigenvalue weighted by atomic mass is 9.98. The number of hydrogen-bond acceptors (Lipinski definition) is 17. The summed E-state index contributed by atoms with van der Waals surface area (Å²) in [5.74, 6) is -2.62. The molecule has 0 aliphatic carbocycles. The van der Waals surface area contributed by atoms with Gasteiger partial charge in [0.25, 0.3) is 0 Å². The molecule has 2 heterocycles. The Balaban J connectivity index is 1.51. The van der Waals surface area contributed by atoms with Crippen molar-refractivity contribution in [2.24, 2.45) is 0 Å². The number of rotatable bonds is 12. The number of carbonyl (C=O) groups is 1. The van der Waals surface area contributed by atoms with Crippen LogP contribution >= 0.6 is 0 Å². The third-order valence-corrected chi connectivity index (χ3v) is 7.92.